The first-order valence-corrected chi connectivity index (χ1v) is 17.7. The maximum absolute atomic E-state index is 12.2. The summed E-state index contributed by atoms with van der Waals surface area (Å²) in [7, 11) is 0. The van der Waals surface area contributed by atoms with E-state index < -0.39 is 186 Å². The highest BCUT2D eigenvalue weighted by atomic mass is 16.8. The minimum Gasteiger partial charge on any atom is -0.394 e. The molecule has 0 amide bonds. The van der Waals surface area contributed by atoms with Crippen LogP contribution in [0.1, 0.15) is 0 Å². The van der Waals surface area contributed by atoms with Gasteiger partial charge in [0, 0.05) is 0 Å². The minimum absolute atomic E-state index is 0.881. The van der Waals surface area contributed by atoms with Crippen molar-refractivity contribution in [1.29, 1.82) is 0 Å². The molecule has 0 aromatic carbocycles. The molecule has 0 aromatic rings. The van der Waals surface area contributed by atoms with E-state index in [4.69, 9.17) is 37.9 Å². The monoisotopic (exact) mass is 844 g/mol. The Balaban J connectivity index is 1.47. The standard InChI is InChI=1S/C30H52O27/c31-1-6-11(35)14(38)20(44)27(52-6)50-5-10-13(37)17(41)24(46)29(49,55-10)30(25(47)18(42)12(36)7(2-32)56-30)57-23-9(4-34)53-28(21(45)16(23)40)54-22-8(3-33)51-26(48)19(43)15(22)39/h6-28,31-49H,1-5H2/t6?,7-,8-,9-,10-,11?,12-,13-,14+,15?,16-,17+,18+,19?,20?,21?,22-,23-,24-,25-,26?,27+,28?,29+,30?/m1/s1. The molecule has 5 aliphatic rings. The number of aliphatic hydroxyl groups is 19. The summed E-state index contributed by atoms with van der Waals surface area (Å²) in [5.74, 6) is -7.51. The molecule has 5 heterocycles. The van der Waals surface area contributed by atoms with Gasteiger partial charge in [0.15, 0.2) is 18.9 Å². The van der Waals surface area contributed by atoms with Gasteiger partial charge in [-0.15, -0.1) is 0 Å². The second kappa shape index (κ2) is 18.5. The third-order valence-electron chi connectivity index (χ3n) is 10.8. The Morgan fingerprint density at radius 2 is 0.912 bits per heavy atom. The minimum atomic E-state index is -3.84. The Morgan fingerprint density at radius 1 is 0.421 bits per heavy atom. The van der Waals surface area contributed by atoms with Gasteiger partial charge in [-0.05, 0) is 0 Å². The van der Waals surface area contributed by atoms with Crippen molar-refractivity contribution in [2.45, 2.75) is 153 Å². The summed E-state index contributed by atoms with van der Waals surface area (Å²) in [5.41, 5.74) is 0. The van der Waals surface area contributed by atoms with Crippen LogP contribution in [-0.4, -0.2) is 283 Å². The van der Waals surface area contributed by atoms with Crippen LogP contribution in [0.4, 0.5) is 0 Å². The fourth-order valence-electron chi connectivity index (χ4n) is 7.35. The van der Waals surface area contributed by atoms with E-state index in [0.717, 1.165) is 0 Å². The molecule has 5 rings (SSSR count). The molecule has 57 heavy (non-hydrogen) atoms. The van der Waals surface area contributed by atoms with Gasteiger partial charge < -0.3 is 135 Å². The molecular formula is C30H52O27. The van der Waals surface area contributed by atoms with Crippen LogP contribution in [0.3, 0.4) is 0 Å². The Labute approximate surface area is 320 Å². The highest BCUT2D eigenvalue weighted by Crippen LogP contribution is 2.48. The molecule has 0 bridgehead atoms. The molecule has 5 aliphatic heterocycles. The van der Waals surface area contributed by atoms with Gasteiger partial charge in [0.25, 0.3) is 11.6 Å². The molecule has 0 radical (unpaired) electrons. The predicted molar refractivity (Wildman–Crippen MR) is 168 cm³/mol. The fourth-order valence-corrected chi connectivity index (χ4v) is 7.35. The van der Waals surface area contributed by atoms with E-state index in [1.54, 1.807) is 0 Å². The third-order valence-corrected chi connectivity index (χ3v) is 10.8. The zero-order valence-corrected chi connectivity index (χ0v) is 29.6. The van der Waals surface area contributed by atoms with E-state index >= 15 is 0 Å². The SMILES string of the molecule is OCC1O[C@H](OC[C@H]2O[C@](O)(C3(O[C@H]4[C@H](O)C(O)C(O[C@H]5C(O)C(O)C(O)O[C@@H]5CO)O[C@@H]4CO)O[C@H](CO)[C@@H](O)[C@H](O)[C@H]3O)[C@H](O)[C@@H](O)[C@@H]2O)C(O)[C@@H](O)C1O. The summed E-state index contributed by atoms with van der Waals surface area (Å²) in [6.07, 6.45) is -49.2. The van der Waals surface area contributed by atoms with Gasteiger partial charge >= 0.3 is 0 Å². The molecule has 19 N–H and O–H groups in total. The van der Waals surface area contributed by atoms with Crippen LogP contribution in [0.25, 0.3) is 0 Å². The van der Waals surface area contributed by atoms with Crippen LogP contribution in [0.5, 0.6) is 0 Å². The van der Waals surface area contributed by atoms with E-state index in [1.165, 1.54) is 0 Å². The van der Waals surface area contributed by atoms with Crippen molar-refractivity contribution < 1.29 is 135 Å². The van der Waals surface area contributed by atoms with E-state index in [2.05, 4.69) is 0 Å². The summed E-state index contributed by atoms with van der Waals surface area (Å²) in [4.78, 5) is 0. The Kier molecular flexibility index (Phi) is 15.2. The topological polar surface area (TPSA) is 458 Å². The molecule has 334 valence electrons. The van der Waals surface area contributed by atoms with Crippen molar-refractivity contribution >= 4 is 0 Å². The van der Waals surface area contributed by atoms with Crippen LogP contribution in [0.2, 0.25) is 0 Å². The molecule has 27 heteroatoms. The van der Waals surface area contributed by atoms with Gasteiger partial charge in [-0.1, -0.05) is 0 Å². The highest BCUT2D eigenvalue weighted by molar-refractivity contribution is 5.12. The van der Waals surface area contributed by atoms with Crippen molar-refractivity contribution in [3.63, 3.8) is 0 Å². The number of ether oxygens (including phenoxy) is 8. The molecule has 0 aromatic heterocycles. The number of rotatable bonds is 12. The molecule has 25 atom stereocenters. The smallest absolute Gasteiger partial charge is 0.256 e. The maximum Gasteiger partial charge on any atom is 0.256 e. The van der Waals surface area contributed by atoms with Crippen LogP contribution in [-0.2, 0) is 37.9 Å². The Bertz CT molecular complexity index is 1280. The second-order valence-electron chi connectivity index (χ2n) is 14.4. The maximum atomic E-state index is 12.2. The first-order valence-electron chi connectivity index (χ1n) is 17.7. The second-order valence-corrected chi connectivity index (χ2v) is 14.4. The number of aliphatic hydroxyl groups excluding tert-OH is 18. The average Bonchev–Trinajstić information content (AvgIpc) is 3.20. The van der Waals surface area contributed by atoms with Crippen molar-refractivity contribution in [3.05, 3.63) is 0 Å². The lowest BCUT2D eigenvalue weighted by molar-refractivity contribution is -0.512. The first-order chi connectivity index (χ1) is 26.7. The predicted octanol–water partition coefficient (Wildman–Crippen LogP) is -13.2. The largest absolute Gasteiger partial charge is 0.394 e. The van der Waals surface area contributed by atoms with Gasteiger partial charge in [0.05, 0.1) is 33.0 Å². The zero-order chi connectivity index (χ0) is 42.5. The van der Waals surface area contributed by atoms with Crippen LogP contribution < -0.4 is 0 Å². The summed E-state index contributed by atoms with van der Waals surface area (Å²) in [5, 5.41) is 201. The number of hydrogen-bond donors (Lipinski definition) is 19. The molecule has 5 fully saturated rings. The van der Waals surface area contributed by atoms with Crippen molar-refractivity contribution in [2.24, 2.45) is 0 Å². The number of hydrogen-bond acceptors (Lipinski definition) is 27. The van der Waals surface area contributed by atoms with Crippen LogP contribution in [0, 0.1) is 0 Å². The lowest BCUT2D eigenvalue weighted by Gasteiger charge is -2.59. The molecule has 0 aliphatic carbocycles. The first kappa shape index (κ1) is 47.0. The van der Waals surface area contributed by atoms with Gasteiger partial charge in [-0.3, -0.25) is 0 Å². The van der Waals surface area contributed by atoms with E-state index in [9.17, 15) is 97.0 Å². The van der Waals surface area contributed by atoms with E-state index in [-0.39, 0.29) is 0 Å². The normalized spacial score (nSPS) is 55.1. The van der Waals surface area contributed by atoms with Crippen molar-refractivity contribution in [1.82, 2.24) is 0 Å². The molecular weight excluding hydrogens is 792 g/mol. The lowest BCUT2D eigenvalue weighted by atomic mass is 9.80. The molecule has 0 spiro atoms. The van der Waals surface area contributed by atoms with Gasteiger partial charge in [-0.25, -0.2) is 0 Å². The van der Waals surface area contributed by atoms with E-state index in [1.807, 2.05) is 0 Å². The third kappa shape index (κ3) is 8.33. The Hall–Kier alpha value is -1.08. The lowest BCUT2D eigenvalue weighted by Crippen LogP contribution is -2.83. The molecule has 5 saturated heterocycles. The van der Waals surface area contributed by atoms with Crippen LogP contribution >= 0.6 is 0 Å². The van der Waals surface area contributed by atoms with Gasteiger partial charge in [-0.2, -0.15) is 0 Å². The summed E-state index contributed by atoms with van der Waals surface area (Å²) in [6, 6.07) is 0. The van der Waals surface area contributed by atoms with Gasteiger partial charge in [0.2, 0.25) is 0 Å². The summed E-state index contributed by atoms with van der Waals surface area (Å²) < 4.78 is 43.5. The molecule has 9 unspecified atom stereocenters. The van der Waals surface area contributed by atoms with Crippen molar-refractivity contribution in [3.8, 4) is 0 Å². The fraction of sp³-hybridized carbons (Fsp3) is 1.00. The van der Waals surface area contributed by atoms with Gasteiger partial charge in [0.1, 0.15) is 122 Å². The summed E-state index contributed by atoms with van der Waals surface area (Å²) in [6.45, 7) is -5.36. The molecule has 0 saturated carbocycles. The van der Waals surface area contributed by atoms with E-state index in [0.29, 0.717) is 0 Å². The Morgan fingerprint density at radius 3 is 1.51 bits per heavy atom. The highest BCUT2D eigenvalue weighted by Gasteiger charge is 2.74. The quantitative estimate of drug-likeness (QED) is 0.0867. The average molecular weight is 845 g/mol. The summed E-state index contributed by atoms with van der Waals surface area (Å²) >= 11 is 0. The zero-order valence-electron chi connectivity index (χ0n) is 29.6. The van der Waals surface area contributed by atoms with Crippen molar-refractivity contribution in [2.75, 3.05) is 33.0 Å². The molecule has 27 nitrogen and oxygen atoms in total. The van der Waals surface area contributed by atoms with Crippen LogP contribution in [0.15, 0.2) is 0 Å².